The number of aromatic nitrogens is 2. The van der Waals surface area contributed by atoms with Gasteiger partial charge in [-0.25, -0.2) is 4.68 Å². The third-order valence-electron chi connectivity index (χ3n) is 4.50. The molecule has 0 aliphatic rings. The zero-order valence-electron chi connectivity index (χ0n) is 16.0. The standard InChI is InChI=1S/C21H20Cl2N4O2/c1-13-17(14(2)27(26-13)16-6-4-3-5-7-16)11-24-20(28)12-25-21(29)15-8-9-18(22)19(23)10-15/h3-10H,11-12H2,1-2H3,(H,24,28)(H,25,29). The molecule has 29 heavy (non-hydrogen) atoms. The zero-order chi connectivity index (χ0) is 21.0. The molecule has 2 amide bonds. The van der Waals surface area contributed by atoms with Crippen molar-refractivity contribution < 1.29 is 9.59 Å². The Morgan fingerprint density at radius 1 is 1.00 bits per heavy atom. The molecule has 2 aromatic carbocycles. The van der Waals surface area contributed by atoms with Crippen LogP contribution in [0.25, 0.3) is 5.69 Å². The molecule has 3 rings (SSSR count). The van der Waals surface area contributed by atoms with Crippen LogP contribution in [0.15, 0.2) is 48.5 Å². The lowest BCUT2D eigenvalue weighted by atomic mass is 10.2. The number of benzene rings is 2. The second-order valence-corrected chi connectivity index (χ2v) is 7.30. The van der Waals surface area contributed by atoms with Crippen LogP contribution in [0.2, 0.25) is 10.0 Å². The Hall–Kier alpha value is -2.83. The molecular weight excluding hydrogens is 411 g/mol. The van der Waals surface area contributed by atoms with Gasteiger partial charge in [-0.2, -0.15) is 5.10 Å². The number of nitrogens with zero attached hydrogens (tertiary/aromatic N) is 2. The Kier molecular flexibility index (Phi) is 6.56. The summed E-state index contributed by atoms with van der Waals surface area (Å²) in [5, 5.41) is 10.6. The van der Waals surface area contributed by atoms with Gasteiger partial charge in [0.15, 0.2) is 0 Å². The Bertz CT molecular complexity index is 1050. The van der Waals surface area contributed by atoms with Crippen molar-refractivity contribution in [1.29, 1.82) is 0 Å². The van der Waals surface area contributed by atoms with Gasteiger partial charge in [-0.05, 0) is 44.2 Å². The van der Waals surface area contributed by atoms with E-state index in [4.69, 9.17) is 23.2 Å². The van der Waals surface area contributed by atoms with Crippen LogP contribution in [-0.2, 0) is 11.3 Å². The number of carbonyl (C=O) groups excluding carboxylic acids is 2. The summed E-state index contributed by atoms with van der Waals surface area (Å²) in [5.74, 6) is -0.701. The van der Waals surface area contributed by atoms with Crippen LogP contribution < -0.4 is 10.6 Å². The second kappa shape index (κ2) is 9.11. The lowest BCUT2D eigenvalue weighted by molar-refractivity contribution is -0.120. The molecule has 150 valence electrons. The zero-order valence-corrected chi connectivity index (χ0v) is 17.5. The van der Waals surface area contributed by atoms with Gasteiger partial charge < -0.3 is 10.6 Å². The molecule has 0 bridgehead atoms. The smallest absolute Gasteiger partial charge is 0.251 e. The summed E-state index contributed by atoms with van der Waals surface area (Å²) >= 11 is 11.8. The van der Waals surface area contributed by atoms with E-state index in [1.165, 1.54) is 12.1 Å². The monoisotopic (exact) mass is 430 g/mol. The quantitative estimate of drug-likeness (QED) is 0.623. The topological polar surface area (TPSA) is 76.0 Å². The molecule has 8 heteroatoms. The van der Waals surface area contributed by atoms with Gasteiger partial charge in [0.1, 0.15) is 0 Å². The number of halogens is 2. The van der Waals surface area contributed by atoms with Gasteiger partial charge >= 0.3 is 0 Å². The van der Waals surface area contributed by atoms with Crippen molar-refractivity contribution in [3.63, 3.8) is 0 Å². The van der Waals surface area contributed by atoms with Gasteiger partial charge in [-0.3, -0.25) is 9.59 Å². The van der Waals surface area contributed by atoms with Crippen molar-refractivity contribution >= 4 is 35.0 Å². The lowest BCUT2D eigenvalue weighted by Crippen LogP contribution is -2.36. The summed E-state index contributed by atoms with van der Waals surface area (Å²) in [6.07, 6.45) is 0. The number of aryl methyl sites for hydroxylation is 1. The summed E-state index contributed by atoms with van der Waals surface area (Å²) in [6.45, 7) is 4.04. The molecule has 0 unspecified atom stereocenters. The number of para-hydroxylation sites is 1. The third kappa shape index (κ3) is 4.96. The summed E-state index contributed by atoms with van der Waals surface area (Å²) < 4.78 is 1.85. The maximum absolute atomic E-state index is 12.2. The molecule has 0 aliphatic carbocycles. The fourth-order valence-electron chi connectivity index (χ4n) is 2.90. The first-order chi connectivity index (χ1) is 13.9. The SMILES string of the molecule is Cc1nn(-c2ccccc2)c(C)c1CNC(=O)CNC(=O)c1ccc(Cl)c(Cl)c1. The van der Waals surface area contributed by atoms with Crippen molar-refractivity contribution in [3.05, 3.63) is 81.1 Å². The van der Waals surface area contributed by atoms with Crippen molar-refractivity contribution in [2.24, 2.45) is 0 Å². The average Bonchev–Trinajstić information content (AvgIpc) is 3.00. The van der Waals surface area contributed by atoms with Crippen LogP contribution in [-0.4, -0.2) is 28.1 Å². The van der Waals surface area contributed by atoms with Gasteiger partial charge in [0.05, 0.1) is 28.0 Å². The van der Waals surface area contributed by atoms with Crippen LogP contribution in [0, 0.1) is 13.8 Å². The van der Waals surface area contributed by atoms with Crippen LogP contribution in [0.4, 0.5) is 0 Å². The fraction of sp³-hybridized carbons (Fsp3) is 0.190. The van der Waals surface area contributed by atoms with E-state index in [1.54, 1.807) is 6.07 Å². The number of rotatable bonds is 6. The first-order valence-corrected chi connectivity index (χ1v) is 9.73. The second-order valence-electron chi connectivity index (χ2n) is 6.49. The Morgan fingerprint density at radius 2 is 1.72 bits per heavy atom. The van der Waals surface area contributed by atoms with E-state index in [9.17, 15) is 9.59 Å². The van der Waals surface area contributed by atoms with E-state index in [-0.39, 0.29) is 17.5 Å². The minimum absolute atomic E-state index is 0.149. The molecule has 0 fully saturated rings. The highest BCUT2D eigenvalue weighted by molar-refractivity contribution is 6.42. The first kappa shape index (κ1) is 20.9. The minimum atomic E-state index is -0.400. The first-order valence-electron chi connectivity index (χ1n) is 8.97. The predicted octanol–water partition coefficient (Wildman–Crippen LogP) is 3.84. The van der Waals surface area contributed by atoms with E-state index < -0.39 is 5.91 Å². The largest absolute Gasteiger partial charge is 0.350 e. The Labute approximate surface area is 178 Å². The van der Waals surface area contributed by atoms with Gasteiger partial charge in [-0.1, -0.05) is 41.4 Å². The number of hydrogen-bond donors (Lipinski definition) is 2. The molecule has 0 atom stereocenters. The lowest BCUT2D eigenvalue weighted by Gasteiger charge is -2.09. The summed E-state index contributed by atoms with van der Waals surface area (Å²) in [6, 6.07) is 14.3. The summed E-state index contributed by atoms with van der Waals surface area (Å²) in [7, 11) is 0. The molecular formula is C21H20Cl2N4O2. The van der Waals surface area contributed by atoms with Gasteiger partial charge in [0, 0.05) is 23.4 Å². The minimum Gasteiger partial charge on any atom is -0.350 e. The van der Waals surface area contributed by atoms with Crippen LogP contribution in [0.5, 0.6) is 0 Å². The summed E-state index contributed by atoms with van der Waals surface area (Å²) in [4.78, 5) is 24.3. The Morgan fingerprint density at radius 3 is 2.41 bits per heavy atom. The highest BCUT2D eigenvalue weighted by Crippen LogP contribution is 2.22. The van der Waals surface area contributed by atoms with Gasteiger partial charge in [-0.15, -0.1) is 0 Å². The van der Waals surface area contributed by atoms with E-state index >= 15 is 0 Å². The predicted molar refractivity (Wildman–Crippen MR) is 114 cm³/mol. The third-order valence-corrected chi connectivity index (χ3v) is 5.23. The highest BCUT2D eigenvalue weighted by atomic mass is 35.5. The van der Waals surface area contributed by atoms with Crippen molar-refractivity contribution in [3.8, 4) is 5.69 Å². The molecule has 0 spiro atoms. The number of nitrogens with one attached hydrogen (secondary N) is 2. The summed E-state index contributed by atoms with van der Waals surface area (Å²) in [5.41, 5.74) is 4.03. The fourth-order valence-corrected chi connectivity index (χ4v) is 3.20. The van der Waals surface area contributed by atoms with E-state index in [1.807, 2.05) is 48.9 Å². The van der Waals surface area contributed by atoms with E-state index in [0.29, 0.717) is 17.1 Å². The van der Waals surface area contributed by atoms with Crippen molar-refractivity contribution in [2.75, 3.05) is 6.54 Å². The number of hydrogen-bond acceptors (Lipinski definition) is 3. The molecule has 1 aromatic heterocycles. The molecule has 0 saturated carbocycles. The molecule has 0 saturated heterocycles. The molecule has 0 aliphatic heterocycles. The maximum Gasteiger partial charge on any atom is 0.251 e. The molecule has 1 heterocycles. The number of amides is 2. The van der Waals surface area contributed by atoms with Gasteiger partial charge in [0.25, 0.3) is 5.91 Å². The number of carbonyl (C=O) groups is 2. The molecule has 6 nitrogen and oxygen atoms in total. The van der Waals surface area contributed by atoms with Crippen LogP contribution in [0.3, 0.4) is 0 Å². The van der Waals surface area contributed by atoms with Crippen LogP contribution in [0.1, 0.15) is 27.3 Å². The Balaban J connectivity index is 1.58. The van der Waals surface area contributed by atoms with E-state index in [0.717, 1.165) is 22.6 Å². The normalized spacial score (nSPS) is 10.6. The molecule has 0 radical (unpaired) electrons. The van der Waals surface area contributed by atoms with Crippen molar-refractivity contribution in [2.45, 2.75) is 20.4 Å². The van der Waals surface area contributed by atoms with E-state index in [2.05, 4.69) is 15.7 Å². The average molecular weight is 431 g/mol. The molecule has 3 aromatic rings. The van der Waals surface area contributed by atoms with Crippen molar-refractivity contribution in [1.82, 2.24) is 20.4 Å². The highest BCUT2D eigenvalue weighted by Gasteiger charge is 2.14. The van der Waals surface area contributed by atoms with Gasteiger partial charge in [0.2, 0.25) is 5.91 Å². The molecule has 2 N–H and O–H groups in total. The van der Waals surface area contributed by atoms with Crippen LogP contribution >= 0.6 is 23.2 Å². The maximum atomic E-state index is 12.2.